The first kappa shape index (κ1) is 22.4. The number of para-hydroxylation sites is 1. The predicted octanol–water partition coefficient (Wildman–Crippen LogP) is 6.76. The van der Waals surface area contributed by atoms with E-state index in [1.165, 1.54) is 18.1 Å². The van der Waals surface area contributed by atoms with E-state index < -0.39 is 0 Å². The number of hydrogen-bond donors (Lipinski definition) is 0. The van der Waals surface area contributed by atoms with Crippen LogP contribution in [-0.2, 0) is 17.6 Å². The average molecular weight is 419 g/mol. The van der Waals surface area contributed by atoms with Crippen molar-refractivity contribution in [3.05, 3.63) is 83.9 Å². The molecule has 0 aromatic heterocycles. The molecule has 3 rings (SSSR count). The molecule has 0 aliphatic rings. The zero-order valence-electron chi connectivity index (χ0n) is 18.3. The zero-order valence-corrected chi connectivity index (χ0v) is 18.3. The lowest BCUT2D eigenvalue weighted by Crippen LogP contribution is -2.02. The number of esters is 1. The molecule has 0 unspecified atom stereocenters. The molecule has 0 spiro atoms. The molecule has 162 valence electrons. The first-order valence-corrected chi connectivity index (χ1v) is 10.9. The van der Waals surface area contributed by atoms with Gasteiger partial charge in [-0.05, 0) is 79.3 Å². The standard InChI is InChI=1S/C27H30O4/c1-3-9-23-20-26(31-24-11-5-4-6-12-24)17-18-27(23)29-19-8-7-10-22-13-15-25(16-14-22)30-21(2)28/h4-6,11-18,20H,3,7-10,19H2,1-2H3. The van der Waals surface area contributed by atoms with Gasteiger partial charge in [-0.25, -0.2) is 0 Å². The smallest absolute Gasteiger partial charge is 0.308 e. The van der Waals surface area contributed by atoms with Gasteiger partial charge < -0.3 is 14.2 Å². The topological polar surface area (TPSA) is 44.8 Å². The Morgan fingerprint density at radius 2 is 1.55 bits per heavy atom. The fourth-order valence-corrected chi connectivity index (χ4v) is 3.35. The summed E-state index contributed by atoms with van der Waals surface area (Å²) in [5.41, 5.74) is 2.40. The molecule has 0 atom stereocenters. The number of aryl methyl sites for hydroxylation is 2. The summed E-state index contributed by atoms with van der Waals surface area (Å²) in [7, 11) is 0. The summed E-state index contributed by atoms with van der Waals surface area (Å²) in [6, 6.07) is 23.5. The van der Waals surface area contributed by atoms with Gasteiger partial charge in [-0.1, -0.05) is 43.7 Å². The van der Waals surface area contributed by atoms with E-state index in [2.05, 4.69) is 13.0 Å². The molecule has 31 heavy (non-hydrogen) atoms. The number of hydrogen-bond acceptors (Lipinski definition) is 4. The normalized spacial score (nSPS) is 10.5. The van der Waals surface area contributed by atoms with Crippen molar-refractivity contribution in [3.63, 3.8) is 0 Å². The summed E-state index contributed by atoms with van der Waals surface area (Å²) >= 11 is 0. The minimum absolute atomic E-state index is 0.299. The van der Waals surface area contributed by atoms with Crippen LogP contribution in [0.25, 0.3) is 0 Å². The van der Waals surface area contributed by atoms with Crippen LogP contribution in [0.5, 0.6) is 23.0 Å². The van der Waals surface area contributed by atoms with Gasteiger partial charge in [-0.15, -0.1) is 0 Å². The van der Waals surface area contributed by atoms with Crippen molar-refractivity contribution in [2.75, 3.05) is 6.61 Å². The number of unbranched alkanes of at least 4 members (excludes halogenated alkanes) is 1. The highest BCUT2D eigenvalue weighted by atomic mass is 16.5. The van der Waals surface area contributed by atoms with Crippen molar-refractivity contribution in [2.45, 2.75) is 46.0 Å². The lowest BCUT2D eigenvalue weighted by atomic mass is 10.1. The maximum absolute atomic E-state index is 11.0. The van der Waals surface area contributed by atoms with E-state index in [0.29, 0.717) is 12.4 Å². The summed E-state index contributed by atoms with van der Waals surface area (Å²) in [4.78, 5) is 11.0. The fourth-order valence-electron chi connectivity index (χ4n) is 3.35. The Labute approximate surface area is 184 Å². The van der Waals surface area contributed by atoms with E-state index in [4.69, 9.17) is 14.2 Å². The van der Waals surface area contributed by atoms with Crippen LogP contribution in [0.3, 0.4) is 0 Å². The van der Waals surface area contributed by atoms with Gasteiger partial charge in [-0.2, -0.15) is 0 Å². The summed E-state index contributed by atoms with van der Waals surface area (Å²) < 4.78 is 17.1. The van der Waals surface area contributed by atoms with E-state index in [0.717, 1.165) is 49.4 Å². The molecule has 4 heteroatoms. The minimum atomic E-state index is -0.299. The SMILES string of the molecule is CCCc1cc(Oc2ccccc2)ccc1OCCCCc1ccc(OC(C)=O)cc1. The molecule has 0 saturated heterocycles. The average Bonchev–Trinajstić information content (AvgIpc) is 2.76. The Bertz CT molecular complexity index is 949. The molecule has 0 fully saturated rings. The molecule has 0 radical (unpaired) electrons. The van der Waals surface area contributed by atoms with E-state index >= 15 is 0 Å². The van der Waals surface area contributed by atoms with Gasteiger partial charge in [0, 0.05) is 6.92 Å². The number of carbonyl (C=O) groups excluding carboxylic acids is 1. The molecule has 0 heterocycles. The van der Waals surface area contributed by atoms with Crippen molar-refractivity contribution in [3.8, 4) is 23.0 Å². The zero-order chi connectivity index (χ0) is 21.9. The number of rotatable bonds is 11. The first-order chi connectivity index (χ1) is 15.1. The lowest BCUT2D eigenvalue weighted by Gasteiger charge is -2.13. The molecule has 4 nitrogen and oxygen atoms in total. The molecule has 0 aliphatic heterocycles. The van der Waals surface area contributed by atoms with Crippen molar-refractivity contribution >= 4 is 5.97 Å². The quantitative estimate of drug-likeness (QED) is 0.196. The Hall–Kier alpha value is -3.27. The highest BCUT2D eigenvalue weighted by molar-refractivity contribution is 5.69. The van der Waals surface area contributed by atoms with Crippen molar-refractivity contribution < 1.29 is 19.0 Å². The fraction of sp³-hybridized carbons (Fsp3) is 0.296. The molecule has 3 aromatic carbocycles. The second-order valence-electron chi connectivity index (χ2n) is 7.48. The Kier molecular flexibility index (Phi) is 8.53. The Balaban J connectivity index is 1.47. The van der Waals surface area contributed by atoms with Crippen LogP contribution >= 0.6 is 0 Å². The van der Waals surface area contributed by atoms with E-state index in [9.17, 15) is 4.79 Å². The number of ether oxygens (including phenoxy) is 3. The van der Waals surface area contributed by atoms with E-state index in [1.807, 2.05) is 66.7 Å². The second kappa shape index (κ2) is 11.8. The first-order valence-electron chi connectivity index (χ1n) is 10.9. The monoisotopic (exact) mass is 418 g/mol. The molecule has 0 aliphatic carbocycles. The van der Waals surface area contributed by atoms with Gasteiger partial charge in [0.15, 0.2) is 0 Å². The van der Waals surface area contributed by atoms with Crippen LogP contribution in [0.4, 0.5) is 0 Å². The molecular weight excluding hydrogens is 388 g/mol. The molecular formula is C27H30O4. The Morgan fingerprint density at radius 1 is 0.806 bits per heavy atom. The lowest BCUT2D eigenvalue weighted by molar-refractivity contribution is -0.131. The predicted molar refractivity (Wildman–Crippen MR) is 123 cm³/mol. The van der Waals surface area contributed by atoms with Gasteiger partial charge in [-0.3, -0.25) is 4.79 Å². The Morgan fingerprint density at radius 3 is 2.26 bits per heavy atom. The molecule has 3 aromatic rings. The highest BCUT2D eigenvalue weighted by Crippen LogP contribution is 2.29. The van der Waals surface area contributed by atoms with Gasteiger partial charge >= 0.3 is 5.97 Å². The summed E-state index contributed by atoms with van der Waals surface area (Å²) in [5, 5.41) is 0. The maximum atomic E-state index is 11.0. The van der Waals surface area contributed by atoms with Crippen LogP contribution in [0.1, 0.15) is 44.2 Å². The summed E-state index contributed by atoms with van der Waals surface area (Å²) in [6.07, 6.45) is 4.98. The highest BCUT2D eigenvalue weighted by Gasteiger charge is 2.07. The third-order valence-corrected chi connectivity index (χ3v) is 4.83. The number of benzene rings is 3. The molecule has 0 bridgehead atoms. The largest absolute Gasteiger partial charge is 0.493 e. The van der Waals surface area contributed by atoms with Gasteiger partial charge in [0.25, 0.3) is 0 Å². The van der Waals surface area contributed by atoms with E-state index in [-0.39, 0.29) is 5.97 Å². The molecule has 0 saturated carbocycles. The molecule has 0 N–H and O–H groups in total. The maximum Gasteiger partial charge on any atom is 0.308 e. The van der Waals surface area contributed by atoms with Crippen LogP contribution in [0, 0.1) is 0 Å². The van der Waals surface area contributed by atoms with Gasteiger partial charge in [0.2, 0.25) is 0 Å². The van der Waals surface area contributed by atoms with Crippen molar-refractivity contribution in [1.82, 2.24) is 0 Å². The van der Waals surface area contributed by atoms with Crippen molar-refractivity contribution in [2.24, 2.45) is 0 Å². The van der Waals surface area contributed by atoms with E-state index in [1.54, 1.807) is 0 Å². The second-order valence-corrected chi connectivity index (χ2v) is 7.48. The van der Waals surface area contributed by atoms with Crippen LogP contribution < -0.4 is 14.2 Å². The van der Waals surface area contributed by atoms with Gasteiger partial charge in [0.1, 0.15) is 23.0 Å². The van der Waals surface area contributed by atoms with Crippen LogP contribution in [0.2, 0.25) is 0 Å². The van der Waals surface area contributed by atoms with Crippen molar-refractivity contribution in [1.29, 1.82) is 0 Å². The minimum Gasteiger partial charge on any atom is -0.493 e. The van der Waals surface area contributed by atoms with Gasteiger partial charge in [0.05, 0.1) is 6.61 Å². The summed E-state index contributed by atoms with van der Waals surface area (Å²) in [6.45, 7) is 4.26. The third kappa shape index (κ3) is 7.49. The number of carbonyl (C=O) groups is 1. The summed E-state index contributed by atoms with van der Waals surface area (Å²) in [5.74, 6) is 2.89. The molecule has 0 amide bonds. The van der Waals surface area contributed by atoms with Crippen LogP contribution in [0.15, 0.2) is 72.8 Å². The van der Waals surface area contributed by atoms with Crippen LogP contribution in [-0.4, -0.2) is 12.6 Å². The third-order valence-electron chi connectivity index (χ3n) is 4.83.